The maximum atomic E-state index is 9.80. The molecule has 2 N–H and O–H groups in total. The van der Waals surface area contributed by atoms with Gasteiger partial charge in [0.05, 0.1) is 22.4 Å². The molecule has 0 fully saturated rings. The van der Waals surface area contributed by atoms with E-state index >= 15 is 0 Å². The summed E-state index contributed by atoms with van der Waals surface area (Å²) >= 11 is 6.05. The van der Waals surface area contributed by atoms with Crippen LogP contribution in [-0.2, 0) is 0 Å². The number of nitrogens with one attached hydrogen (secondary N) is 1. The van der Waals surface area contributed by atoms with Crippen LogP contribution >= 0.6 is 11.6 Å². The first-order chi connectivity index (χ1) is 6.80. The van der Waals surface area contributed by atoms with Crippen LogP contribution in [-0.4, -0.2) is 16.7 Å². The van der Waals surface area contributed by atoms with Crippen molar-refractivity contribution in [2.45, 2.75) is 39.3 Å². The predicted octanol–water partition coefficient (Wildman–Crippen LogP) is 3.22. The lowest BCUT2D eigenvalue weighted by atomic mass is 10.0. The summed E-state index contributed by atoms with van der Waals surface area (Å²) in [5.74, 6) is 0. The van der Waals surface area contributed by atoms with Gasteiger partial charge in [0.15, 0.2) is 0 Å². The van der Waals surface area contributed by atoms with Gasteiger partial charge in [-0.15, -0.1) is 0 Å². The number of anilines is 1. The average Bonchev–Trinajstić information content (AvgIpc) is 2.09. The van der Waals surface area contributed by atoms with Crippen molar-refractivity contribution in [3.63, 3.8) is 0 Å². The topological polar surface area (TPSA) is 32.3 Å². The predicted molar refractivity (Wildman–Crippen MR) is 65.6 cm³/mol. The molecule has 0 amide bonds. The third kappa shape index (κ3) is 3.40. The maximum absolute atomic E-state index is 9.80. The van der Waals surface area contributed by atoms with E-state index in [9.17, 15) is 5.11 Å². The third-order valence-electron chi connectivity index (χ3n) is 2.55. The molecule has 0 heterocycles. The van der Waals surface area contributed by atoms with Crippen LogP contribution in [0.5, 0.6) is 0 Å². The molecule has 0 bridgehead atoms. The second-order valence-corrected chi connectivity index (χ2v) is 4.91. The van der Waals surface area contributed by atoms with E-state index < -0.39 is 5.60 Å². The molecule has 1 rings (SSSR count). The number of hydrogen-bond acceptors (Lipinski definition) is 2. The van der Waals surface area contributed by atoms with Crippen LogP contribution < -0.4 is 5.32 Å². The Labute approximate surface area is 96.3 Å². The zero-order valence-corrected chi connectivity index (χ0v) is 10.4. The Bertz CT molecular complexity index is 344. The summed E-state index contributed by atoms with van der Waals surface area (Å²) in [4.78, 5) is 0. The number of hydrogen-bond donors (Lipinski definition) is 2. The fraction of sp³-hybridized carbons (Fsp3) is 0.500. The molecule has 0 aliphatic carbocycles. The smallest absolute Gasteiger partial charge is 0.0789 e. The number of benzene rings is 1. The van der Waals surface area contributed by atoms with E-state index in [1.165, 1.54) is 0 Å². The molecule has 3 heteroatoms. The minimum atomic E-state index is -0.771. The largest absolute Gasteiger partial charge is 0.388 e. The number of halogens is 1. The van der Waals surface area contributed by atoms with Crippen molar-refractivity contribution in [1.82, 2.24) is 0 Å². The normalized spacial score (nSPS) is 13.7. The molecule has 0 aliphatic rings. The molecule has 1 aromatic rings. The summed E-state index contributed by atoms with van der Waals surface area (Å²) in [5.41, 5.74) is 1.24. The molecule has 84 valence electrons. The Hall–Kier alpha value is -0.730. The Morgan fingerprint density at radius 2 is 2.00 bits per heavy atom. The highest BCUT2D eigenvalue weighted by Gasteiger charge is 2.22. The average molecular weight is 228 g/mol. The minimum Gasteiger partial charge on any atom is -0.388 e. The molecule has 1 atom stereocenters. The highest BCUT2D eigenvalue weighted by Crippen LogP contribution is 2.25. The van der Waals surface area contributed by atoms with Gasteiger partial charge in [0, 0.05) is 0 Å². The van der Waals surface area contributed by atoms with E-state index in [0.717, 1.165) is 11.3 Å². The highest BCUT2D eigenvalue weighted by molar-refractivity contribution is 6.33. The molecule has 0 radical (unpaired) electrons. The van der Waals surface area contributed by atoms with Crippen LogP contribution in [0.15, 0.2) is 18.2 Å². The van der Waals surface area contributed by atoms with Crippen LogP contribution in [0.1, 0.15) is 26.3 Å². The Kier molecular flexibility index (Phi) is 3.63. The standard InChI is InChI=1S/C12H18ClNO/c1-8-5-6-10(13)11(7-8)14-9(2)12(3,4)15/h5-7,9,14-15H,1-4H3. The monoisotopic (exact) mass is 227 g/mol. The van der Waals surface area contributed by atoms with Crippen LogP contribution in [0.2, 0.25) is 5.02 Å². The maximum Gasteiger partial charge on any atom is 0.0789 e. The number of aliphatic hydroxyl groups is 1. The second kappa shape index (κ2) is 4.42. The zero-order valence-electron chi connectivity index (χ0n) is 9.63. The molecule has 0 aliphatic heterocycles. The van der Waals surface area contributed by atoms with Gasteiger partial charge in [-0.1, -0.05) is 17.7 Å². The van der Waals surface area contributed by atoms with Gasteiger partial charge in [-0.3, -0.25) is 0 Å². The lowest BCUT2D eigenvalue weighted by Gasteiger charge is -2.28. The third-order valence-corrected chi connectivity index (χ3v) is 2.88. The Morgan fingerprint density at radius 1 is 1.40 bits per heavy atom. The fourth-order valence-electron chi connectivity index (χ4n) is 1.16. The summed E-state index contributed by atoms with van der Waals surface area (Å²) in [6.45, 7) is 7.48. The van der Waals surface area contributed by atoms with Gasteiger partial charge in [0.1, 0.15) is 0 Å². The van der Waals surface area contributed by atoms with E-state index in [2.05, 4.69) is 5.32 Å². The molecule has 1 unspecified atom stereocenters. The summed E-state index contributed by atoms with van der Waals surface area (Å²) in [6, 6.07) is 5.74. The molecular formula is C12H18ClNO. The molecular weight excluding hydrogens is 210 g/mol. The zero-order chi connectivity index (χ0) is 11.6. The summed E-state index contributed by atoms with van der Waals surface area (Å²) in [7, 11) is 0. The van der Waals surface area contributed by atoms with Gasteiger partial charge in [-0.2, -0.15) is 0 Å². The lowest BCUT2D eigenvalue weighted by molar-refractivity contribution is 0.0649. The van der Waals surface area contributed by atoms with E-state index in [0.29, 0.717) is 5.02 Å². The van der Waals surface area contributed by atoms with Crippen molar-refractivity contribution >= 4 is 17.3 Å². The van der Waals surface area contributed by atoms with Crippen molar-refractivity contribution in [2.75, 3.05) is 5.32 Å². The SMILES string of the molecule is Cc1ccc(Cl)c(NC(C)C(C)(C)O)c1. The first-order valence-corrected chi connectivity index (χ1v) is 5.43. The van der Waals surface area contributed by atoms with E-state index in [1.54, 1.807) is 13.8 Å². The highest BCUT2D eigenvalue weighted by atomic mass is 35.5. The van der Waals surface area contributed by atoms with E-state index in [-0.39, 0.29) is 6.04 Å². The molecule has 0 saturated heterocycles. The molecule has 0 aromatic heterocycles. The van der Waals surface area contributed by atoms with Crippen molar-refractivity contribution in [1.29, 1.82) is 0 Å². The minimum absolute atomic E-state index is 0.0585. The fourth-order valence-corrected chi connectivity index (χ4v) is 1.33. The first kappa shape index (κ1) is 12.3. The second-order valence-electron chi connectivity index (χ2n) is 4.50. The van der Waals surface area contributed by atoms with Crippen LogP contribution in [0.3, 0.4) is 0 Å². The van der Waals surface area contributed by atoms with Gasteiger partial charge in [0.25, 0.3) is 0 Å². The quantitative estimate of drug-likeness (QED) is 0.831. The van der Waals surface area contributed by atoms with Crippen molar-refractivity contribution in [3.05, 3.63) is 28.8 Å². The van der Waals surface area contributed by atoms with Crippen LogP contribution in [0, 0.1) is 6.92 Å². The molecule has 1 aromatic carbocycles. The van der Waals surface area contributed by atoms with E-state index in [4.69, 9.17) is 11.6 Å². The van der Waals surface area contributed by atoms with E-state index in [1.807, 2.05) is 32.0 Å². The number of rotatable bonds is 3. The summed E-state index contributed by atoms with van der Waals surface area (Å²) in [5, 5.41) is 13.7. The molecule has 2 nitrogen and oxygen atoms in total. The van der Waals surface area contributed by atoms with Crippen molar-refractivity contribution in [3.8, 4) is 0 Å². The molecule has 15 heavy (non-hydrogen) atoms. The van der Waals surface area contributed by atoms with Gasteiger partial charge in [0.2, 0.25) is 0 Å². The Balaban J connectivity index is 2.85. The van der Waals surface area contributed by atoms with Crippen molar-refractivity contribution < 1.29 is 5.11 Å². The summed E-state index contributed by atoms with van der Waals surface area (Å²) < 4.78 is 0. The molecule has 0 saturated carbocycles. The first-order valence-electron chi connectivity index (χ1n) is 5.06. The Morgan fingerprint density at radius 3 is 2.53 bits per heavy atom. The lowest BCUT2D eigenvalue weighted by Crippen LogP contribution is -2.39. The van der Waals surface area contributed by atoms with Crippen LogP contribution in [0.25, 0.3) is 0 Å². The van der Waals surface area contributed by atoms with Gasteiger partial charge in [-0.05, 0) is 45.4 Å². The number of aryl methyl sites for hydroxylation is 1. The van der Waals surface area contributed by atoms with Crippen molar-refractivity contribution in [2.24, 2.45) is 0 Å². The molecule has 0 spiro atoms. The van der Waals surface area contributed by atoms with Gasteiger partial charge >= 0.3 is 0 Å². The van der Waals surface area contributed by atoms with Gasteiger partial charge < -0.3 is 10.4 Å². The van der Waals surface area contributed by atoms with Gasteiger partial charge in [-0.25, -0.2) is 0 Å². The van der Waals surface area contributed by atoms with Crippen LogP contribution in [0.4, 0.5) is 5.69 Å². The summed E-state index contributed by atoms with van der Waals surface area (Å²) in [6.07, 6.45) is 0.